The number of hydrogen-bond acceptors (Lipinski definition) is 33. The van der Waals surface area contributed by atoms with E-state index in [1.54, 1.807) is 20.8 Å². The molecule has 0 aromatic heterocycles. The molecule has 0 unspecified atom stereocenters. The number of carboxylic acid groups (broad SMARTS) is 1. The Morgan fingerprint density at radius 1 is 0.513 bits per heavy atom. The van der Waals surface area contributed by atoms with Crippen LogP contribution in [0.1, 0.15) is 116 Å². The Bertz CT molecular complexity index is 3380. The Labute approximate surface area is 658 Å². The third kappa shape index (κ3) is 43.6. The van der Waals surface area contributed by atoms with Crippen molar-refractivity contribution in [1.29, 1.82) is 0 Å². The number of alkyl halides is 3. The first-order chi connectivity index (χ1) is 51.4. The first kappa shape index (κ1) is 107. The van der Waals surface area contributed by atoms with Gasteiger partial charge >= 0.3 is 69.4 Å². The Balaban J connectivity index is 0. The number of aliphatic imine (C=N–C) groups is 1. The van der Waals surface area contributed by atoms with Gasteiger partial charge in [-0.25, -0.2) is 19.4 Å². The van der Waals surface area contributed by atoms with Gasteiger partial charge in [0.15, 0.2) is 24.5 Å². The van der Waals surface area contributed by atoms with Crippen LogP contribution in [-0.2, 0) is 160 Å². The van der Waals surface area contributed by atoms with Crippen LogP contribution in [0.3, 0.4) is 0 Å². The van der Waals surface area contributed by atoms with Crippen molar-refractivity contribution < 1.29 is 169 Å². The lowest BCUT2D eigenvalue weighted by molar-refractivity contribution is -0.262. The van der Waals surface area contributed by atoms with Gasteiger partial charge < -0.3 is 105 Å². The normalized spacial score (nSPS) is 23.2. The zero-order valence-corrected chi connectivity index (χ0v) is 65.7. The van der Waals surface area contributed by atoms with Gasteiger partial charge in [0.05, 0.1) is 39.6 Å². The summed E-state index contributed by atoms with van der Waals surface area (Å²) in [5, 5.41) is 22.3. The summed E-state index contributed by atoms with van der Waals surface area (Å²) < 4.78 is 150. The van der Waals surface area contributed by atoms with Gasteiger partial charge in [0.1, 0.15) is 102 Å². The number of carbonyl (C=O) groups is 11. The van der Waals surface area contributed by atoms with E-state index >= 15 is 0 Å². The van der Waals surface area contributed by atoms with Crippen molar-refractivity contribution in [3.8, 4) is 0 Å². The predicted octanol–water partition coefficient (Wildman–Crippen LogP) is 5.58. The highest BCUT2D eigenvalue weighted by molar-refractivity contribution is 7.88. The van der Waals surface area contributed by atoms with Crippen molar-refractivity contribution in [2.45, 2.75) is 217 Å². The number of carboxylic acids is 1. The van der Waals surface area contributed by atoms with Gasteiger partial charge in [0.25, 0.3) is 0 Å². The standard InChI is InChI=1S/C24H33NO10.C17H27NO10.C13H19NO6.C11H14O4.C4H9F3O3SSi.3CH4/c1-15-20(13-32-17(3)27)35-24(22(25-16(2)26)23(15)34-18(4)28)31-11-10-30-14-21(29)33-12-19-8-6-5-7-9-19;1-9-13(7-26-11(3)20)28-17(25-6-5-24-8-14(22)23)15(18-10(2)19)16(9)27-12(4)21;1-6-10(5-17-8(3)15)20-13-11(14-7(2)18-13)12(6)19-9(4)16;12-6-7-14-9-11(13)15-8-10-4-2-1-3-5-10;1-12(2,3)10-11(8,9)4(5,6)7;;;/h5-9,15,20,22-24H,10-14H2,1-4H3,(H,25,26);9,13,15-17H,5-8H2,1-4H3,(H,18,19)(H,22,23);6,10-13H,5H2,1-4H3;1-5,12H,6-9H2;1-3H3;3*1H4/t15-,20+,22+,23-,24+;9-,13+,15+,16-,17+;6-,10+,11+,12-,13-;;;;;/m000...../s1. The molecule has 4 aliphatic heterocycles. The minimum Gasteiger partial charge on any atom is -0.480 e. The van der Waals surface area contributed by atoms with Gasteiger partial charge in [-0.3, -0.25) is 38.4 Å². The average molecular weight is 1670 g/mol. The van der Waals surface area contributed by atoms with E-state index in [1.807, 2.05) is 67.6 Å². The van der Waals surface area contributed by atoms with Gasteiger partial charge in [-0.2, -0.15) is 21.6 Å². The molecule has 0 bridgehead atoms. The number of nitrogens with one attached hydrogen (secondary N) is 2. The monoisotopic (exact) mass is 1670 g/mol. The third-order valence-corrected chi connectivity index (χ3v) is 18.3. The number of nitrogens with zero attached hydrogens (tertiary/aromatic N) is 1. The zero-order chi connectivity index (χ0) is 83.1. The van der Waals surface area contributed by atoms with Crippen LogP contribution in [0, 0.1) is 17.8 Å². The summed E-state index contributed by atoms with van der Waals surface area (Å²) in [6, 6.07) is 16.7. The molecule has 646 valence electrons. The Morgan fingerprint density at radius 2 is 0.867 bits per heavy atom. The third-order valence-electron chi connectivity index (χ3n) is 14.8. The molecule has 2 aromatic carbocycles. The fourth-order valence-electron chi connectivity index (χ4n) is 10.1. The number of carbonyl (C=O) groups excluding carboxylic acids is 10. The molecule has 0 spiro atoms. The number of esters is 8. The second kappa shape index (κ2) is 54.4. The van der Waals surface area contributed by atoms with E-state index in [4.69, 9.17) is 90.7 Å². The quantitative estimate of drug-likeness (QED) is 0.0223. The minimum absolute atomic E-state index is 0. The molecule has 0 radical (unpaired) electrons. The molecular formula is C72H114F3N3O33SSi. The number of fused-ring (bicyclic) bond motifs is 1. The second-order valence-corrected chi connectivity index (χ2v) is 31.7. The lowest BCUT2D eigenvalue weighted by Gasteiger charge is -2.44. The molecule has 6 rings (SSSR count). The number of halogens is 3. The van der Waals surface area contributed by atoms with Crippen LogP contribution in [0.2, 0.25) is 19.6 Å². The maximum absolute atomic E-state index is 11.9. The van der Waals surface area contributed by atoms with Gasteiger partial charge in [-0.1, -0.05) is 104 Å². The van der Waals surface area contributed by atoms with Crippen molar-refractivity contribution in [1.82, 2.24) is 10.6 Å². The van der Waals surface area contributed by atoms with Gasteiger partial charge in [-0.05, 0) is 30.8 Å². The molecule has 41 heteroatoms. The largest absolute Gasteiger partial charge is 0.522 e. The fraction of sp³-hybridized carbons (Fsp3) is 0.667. The molecule has 3 saturated heterocycles. The van der Waals surface area contributed by atoms with E-state index in [0.29, 0.717) is 5.90 Å². The molecule has 2 amide bonds. The number of benzene rings is 2. The number of aliphatic hydroxyl groups is 1. The molecule has 113 heavy (non-hydrogen) atoms. The Morgan fingerprint density at radius 3 is 1.19 bits per heavy atom. The molecule has 3 fully saturated rings. The lowest BCUT2D eigenvalue weighted by Crippen LogP contribution is -2.63. The zero-order valence-electron chi connectivity index (χ0n) is 63.9. The van der Waals surface area contributed by atoms with Crippen molar-refractivity contribution in [3.63, 3.8) is 0 Å². The van der Waals surface area contributed by atoms with E-state index in [2.05, 4.69) is 19.5 Å². The molecule has 4 N–H and O–H groups in total. The number of amides is 2. The number of rotatable bonds is 33. The number of aliphatic hydroxyl groups excluding tert-OH is 1. The summed E-state index contributed by atoms with van der Waals surface area (Å²) in [6.45, 7) is 21.0. The van der Waals surface area contributed by atoms with Crippen LogP contribution in [0.5, 0.6) is 0 Å². The van der Waals surface area contributed by atoms with Crippen LogP contribution < -0.4 is 10.6 Å². The average Bonchev–Trinajstić information content (AvgIpc) is 1.73. The highest BCUT2D eigenvalue weighted by Crippen LogP contribution is 2.35. The van der Waals surface area contributed by atoms with Gasteiger partial charge in [-0.15, -0.1) is 0 Å². The van der Waals surface area contributed by atoms with E-state index in [9.17, 15) is 74.3 Å². The van der Waals surface area contributed by atoms with E-state index in [-0.39, 0.29) is 144 Å². The van der Waals surface area contributed by atoms with Crippen LogP contribution in [0.15, 0.2) is 65.7 Å². The summed E-state index contributed by atoms with van der Waals surface area (Å²) in [6.07, 6.45) is -6.38. The Kier molecular flexibility index (Phi) is 51.4. The topological polar surface area (TPSA) is 465 Å². The summed E-state index contributed by atoms with van der Waals surface area (Å²) >= 11 is 0. The Hall–Kier alpha value is -8.36. The van der Waals surface area contributed by atoms with Gasteiger partial charge in [0.2, 0.25) is 26.4 Å². The smallest absolute Gasteiger partial charge is 0.480 e. The molecule has 2 aromatic rings. The molecular weight excluding hydrogens is 1550 g/mol. The molecule has 4 aliphatic rings. The molecule has 4 heterocycles. The van der Waals surface area contributed by atoms with Crippen molar-refractivity contribution in [2.24, 2.45) is 22.7 Å². The highest BCUT2D eigenvalue weighted by Gasteiger charge is 2.52. The van der Waals surface area contributed by atoms with Crippen molar-refractivity contribution in [3.05, 3.63) is 71.8 Å². The molecule has 36 nitrogen and oxygen atoms in total. The van der Waals surface area contributed by atoms with Crippen LogP contribution in [-0.4, -0.2) is 257 Å². The van der Waals surface area contributed by atoms with Crippen molar-refractivity contribution in [2.75, 3.05) is 79.3 Å². The van der Waals surface area contributed by atoms with Gasteiger partial charge in [0, 0.05) is 80.1 Å². The molecule has 0 saturated carbocycles. The summed E-state index contributed by atoms with van der Waals surface area (Å²) in [7, 11) is -8.10. The SMILES string of the molecule is C.C.C.CC(=O)N[C@H]1[C@H](OCCOCC(=O)O)O[C@H](COC(C)=O)[C@H](C)[C@@H]1OC(C)=O.CC(=O)N[C@H]1[C@H](OCCOCC(=O)OCc2ccccc2)O[C@H](COC(C)=O)[C@H](C)[C@@H]1OC(C)=O.CC(=O)OC[C@H]1O[C@@H]2OC(C)=N[C@@H]2[C@@H](OC(C)=O)[C@H]1C.C[Si](C)(C)OS(=O)(=O)C(F)(F)F.O=C(COCCO)OCc1ccccc1. The fourth-order valence-corrected chi connectivity index (χ4v) is 13.1. The van der Waals surface area contributed by atoms with Crippen LogP contribution in [0.25, 0.3) is 0 Å². The molecule has 15 atom stereocenters. The second-order valence-electron chi connectivity index (χ2n) is 25.5. The summed E-state index contributed by atoms with van der Waals surface area (Å²) in [5.41, 5.74) is -3.51. The molecule has 0 aliphatic carbocycles. The maximum Gasteiger partial charge on any atom is 0.522 e. The summed E-state index contributed by atoms with van der Waals surface area (Å²) in [4.78, 5) is 129. The van der Waals surface area contributed by atoms with E-state index in [1.165, 1.54) is 75.0 Å². The first-order valence-corrected chi connectivity index (χ1v) is 39.1. The minimum atomic E-state index is -5.39. The van der Waals surface area contributed by atoms with Crippen LogP contribution >= 0.6 is 0 Å². The first-order valence-electron chi connectivity index (χ1n) is 34.3. The summed E-state index contributed by atoms with van der Waals surface area (Å²) in [5.74, 6) is -6.14. The maximum atomic E-state index is 11.9. The van der Waals surface area contributed by atoms with Crippen LogP contribution in [0.4, 0.5) is 13.2 Å². The highest BCUT2D eigenvalue weighted by atomic mass is 32.2. The van der Waals surface area contributed by atoms with E-state index in [0.717, 1.165) is 11.1 Å². The van der Waals surface area contributed by atoms with E-state index < -0.39 is 152 Å². The van der Waals surface area contributed by atoms with Crippen molar-refractivity contribution >= 4 is 89.9 Å². The number of aliphatic carboxylic acids is 1. The predicted molar refractivity (Wildman–Crippen MR) is 394 cm³/mol. The number of ether oxygens (including phenoxy) is 17. The number of hydrogen-bond donors (Lipinski definition) is 4. The lowest BCUT2D eigenvalue weighted by atomic mass is 9.89.